The largest absolute Gasteiger partial charge is 0.490 e. The second-order valence-corrected chi connectivity index (χ2v) is 5.56. The van der Waals surface area contributed by atoms with E-state index in [0.717, 1.165) is 6.07 Å². The van der Waals surface area contributed by atoms with Gasteiger partial charge in [0, 0.05) is 5.56 Å². The molecule has 2 aromatic rings. The maximum Gasteiger partial charge on any atom is 0.418 e. The summed E-state index contributed by atoms with van der Waals surface area (Å²) in [4.78, 5) is 12.4. The van der Waals surface area contributed by atoms with Gasteiger partial charge in [0.15, 0.2) is 11.5 Å². The number of benzene rings is 2. The van der Waals surface area contributed by atoms with E-state index in [0.29, 0.717) is 13.2 Å². The fourth-order valence-electron chi connectivity index (χ4n) is 2.28. The van der Waals surface area contributed by atoms with E-state index < -0.39 is 17.6 Å². The van der Waals surface area contributed by atoms with Gasteiger partial charge in [-0.2, -0.15) is 13.2 Å². The fraction of sp³-hybridized carbons (Fsp3) is 0.278. The third-order valence-corrected chi connectivity index (χ3v) is 3.62. The Morgan fingerprint density at radius 1 is 1.12 bits per heavy atom. The van der Waals surface area contributed by atoms with Crippen LogP contribution in [0, 0.1) is 0 Å². The molecule has 0 aliphatic heterocycles. The van der Waals surface area contributed by atoms with Crippen molar-refractivity contribution in [3.8, 4) is 11.5 Å². The Morgan fingerprint density at radius 3 is 2.38 bits per heavy atom. The summed E-state index contributed by atoms with van der Waals surface area (Å²) in [6, 6.07) is 7.43. The molecule has 0 unspecified atom stereocenters. The molecule has 4 nitrogen and oxygen atoms in total. The molecule has 0 radical (unpaired) electrons. The standard InChI is InChI=1S/C18H17ClF3NO3/c1-3-25-15-10-11(9-13(19)16(15)26-4-2)17(24)23-14-8-6-5-7-12(14)18(20,21)22/h5-10H,3-4H2,1-2H3,(H,23,24). The van der Waals surface area contributed by atoms with E-state index in [2.05, 4.69) is 5.32 Å². The van der Waals surface area contributed by atoms with Crippen molar-refractivity contribution < 1.29 is 27.4 Å². The number of nitrogens with one attached hydrogen (secondary N) is 1. The van der Waals surface area contributed by atoms with Gasteiger partial charge in [0.25, 0.3) is 5.91 Å². The minimum absolute atomic E-state index is 0.0545. The van der Waals surface area contributed by atoms with Crippen LogP contribution < -0.4 is 14.8 Å². The Balaban J connectivity index is 2.36. The molecule has 140 valence electrons. The number of rotatable bonds is 6. The number of hydrogen-bond donors (Lipinski definition) is 1. The molecule has 0 saturated heterocycles. The lowest BCUT2D eigenvalue weighted by Crippen LogP contribution is -2.17. The molecule has 2 rings (SSSR count). The molecule has 2 aromatic carbocycles. The van der Waals surface area contributed by atoms with Crippen LogP contribution in [-0.2, 0) is 6.18 Å². The number of alkyl halides is 3. The van der Waals surface area contributed by atoms with E-state index in [-0.39, 0.29) is 27.8 Å². The predicted octanol–water partition coefficient (Wildman–Crippen LogP) is 5.41. The minimum atomic E-state index is -4.59. The van der Waals surface area contributed by atoms with Gasteiger partial charge >= 0.3 is 6.18 Å². The second kappa shape index (κ2) is 8.31. The highest BCUT2D eigenvalue weighted by molar-refractivity contribution is 6.32. The van der Waals surface area contributed by atoms with E-state index in [1.807, 2.05) is 0 Å². The van der Waals surface area contributed by atoms with Gasteiger partial charge in [-0.05, 0) is 38.1 Å². The smallest absolute Gasteiger partial charge is 0.418 e. The van der Waals surface area contributed by atoms with Crippen LogP contribution in [0.3, 0.4) is 0 Å². The van der Waals surface area contributed by atoms with Crippen molar-refractivity contribution in [2.45, 2.75) is 20.0 Å². The highest BCUT2D eigenvalue weighted by Crippen LogP contribution is 2.38. The van der Waals surface area contributed by atoms with E-state index >= 15 is 0 Å². The Labute approximate surface area is 153 Å². The lowest BCUT2D eigenvalue weighted by Gasteiger charge is -2.16. The Hall–Kier alpha value is -2.41. The molecule has 0 bridgehead atoms. The monoisotopic (exact) mass is 387 g/mol. The van der Waals surface area contributed by atoms with Crippen LogP contribution >= 0.6 is 11.6 Å². The summed E-state index contributed by atoms with van der Waals surface area (Å²) in [5.41, 5.74) is -1.22. The lowest BCUT2D eigenvalue weighted by molar-refractivity contribution is -0.136. The maximum atomic E-state index is 13.1. The summed E-state index contributed by atoms with van der Waals surface area (Å²) < 4.78 is 50.0. The van der Waals surface area contributed by atoms with Crippen LogP contribution in [0.5, 0.6) is 11.5 Å². The van der Waals surface area contributed by atoms with Gasteiger partial charge in [-0.25, -0.2) is 0 Å². The summed E-state index contributed by atoms with van der Waals surface area (Å²) >= 11 is 6.13. The third kappa shape index (κ3) is 4.60. The normalized spacial score (nSPS) is 11.2. The summed E-state index contributed by atoms with van der Waals surface area (Å²) in [5.74, 6) is -0.216. The van der Waals surface area contributed by atoms with E-state index in [1.165, 1.54) is 30.3 Å². The first-order valence-electron chi connectivity index (χ1n) is 7.84. The van der Waals surface area contributed by atoms with Crippen LogP contribution in [-0.4, -0.2) is 19.1 Å². The van der Waals surface area contributed by atoms with Crippen LogP contribution in [0.2, 0.25) is 5.02 Å². The summed E-state index contributed by atoms with van der Waals surface area (Å²) in [5, 5.41) is 2.40. The molecule has 0 aliphatic rings. The van der Waals surface area contributed by atoms with E-state index in [1.54, 1.807) is 13.8 Å². The maximum absolute atomic E-state index is 13.1. The average molecular weight is 388 g/mol. The van der Waals surface area contributed by atoms with Gasteiger partial charge in [0.05, 0.1) is 29.5 Å². The molecule has 0 fully saturated rings. The van der Waals surface area contributed by atoms with Crippen LogP contribution in [0.25, 0.3) is 0 Å². The first kappa shape index (κ1) is 19.9. The zero-order chi connectivity index (χ0) is 19.3. The SMILES string of the molecule is CCOc1cc(C(=O)Nc2ccccc2C(F)(F)F)cc(Cl)c1OCC. The van der Waals surface area contributed by atoms with Crippen LogP contribution in [0.15, 0.2) is 36.4 Å². The Bertz CT molecular complexity index is 794. The van der Waals surface area contributed by atoms with Gasteiger partial charge in [-0.3, -0.25) is 4.79 Å². The van der Waals surface area contributed by atoms with Crippen molar-refractivity contribution in [2.75, 3.05) is 18.5 Å². The highest BCUT2D eigenvalue weighted by atomic mass is 35.5. The summed E-state index contributed by atoms with van der Waals surface area (Å²) in [6.45, 7) is 4.15. The van der Waals surface area contributed by atoms with Gasteiger partial charge in [-0.1, -0.05) is 23.7 Å². The van der Waals surface area contributed by atoms with Crippen molar-refractivity contribution in [3.63, 3.8) is 0 Å². The van der Waals surface area contributed by atoms with Gasteiger partial charge in [0.1, 0.15) is 0 Å². The second-order valence-electron chi connectivity index (χ2n) is 5.15. The number of carbonyl (C=O) groups is 1. The summed E-state index contributed by atoms with van der Waals surface area (Å²) in [6.07, 6.45) is -4.59. The molecular formula is C18H17ClF3NO3. The van der Waals surface area contributed by atoms with Crippen molar-refractivity contribution in [2.24, 2.45) is 0 Å². The topological polar surface area (TPSA) is 47.6 Å². The van der Waals surface area contributed by atoms with Crippen molar-refractivity contribution >= 4 is 23.2 Å². The number of para-hydroxylation sites is 1. The van der Waals surface area contributed by atoms with Crippen molar-refractivity contribution in [3.05, 3.63) is 52.5 Å². The zero-order valence-electron chi connectivity index (χ0n) is 14.1. The van der Waals surface area contributed by atoms with Gasteiger partial charge in [-0.15, -0.1) is 0 Å². The number of anilines is 1. The molecule has 8 heteroatoms. The number of carbonyl (C=O) groups excluding carboxylic acids is 1. The molecule has 0 aliphatic carbocycles. The predicted molar refractivity (Wildman–Crippen MR) is 93.2 cm³/mol. The fourth-order valence-corrected chi connectivity index (χ4v) is 2.55. The van der Waals surface area contributed by atoms with Crippen LogP contribution in [0.4, 0.5) is 18.9 Å². The molecular weight excluding hydrogens is 371 g/mol. The molecule has 1 amide bonds. The lowest BCUT2D eigenvalue weighted by atomic mass is 10.1. The molecule has 1 N–H and O–H groups in total. The Morgan fingerprint density at radius 2 is 1.77 bits per heavy atom. The van der Waals surface area contributed by atoms with Crippen molar-refractivity contribution in [1.29, 1.82) is 0 Å². The highest BCUT2D eigenvalue weighted by Gasteiger charge is 2.33. The Kier molecular flexibility index (Phi) is 6.37. The number of ether oxygens (including phenoxy) is 2. The van der Waals surface area contributed by atoms with Gasteiger partial charge in [0.2, 0.25) is 0 Å². The molecule has 0 heterocycles. The quantitative estimate of drug-likeness (QED) is 0.721. The third-order valence-electron chi connectivity index (χ3n) is 3.34. The van der Waals surface area contributed by atoms with E-state index in [4.69, 9.17) is 21.1 Å². The molecule has 0 atom stereocenters. The van der Waals surface area contributed by atoms with Gasteiger partial charge < -0.3 is 14.8 Å². The zero-order valence-corrected chi connectivity index (χ0v) is 14.9. The molecule has 26 heavy (non-hydrogen) atoms. The average Bonchev–Trinajstić information content (AvgIpc) is 2.57. The first-order chi connectivity index (χ1) is 12.3. The molecule has 0 saturated carbocycles. The number of amides is 1. The van der Waals surface area contributed by atoms with Crippen molar-refractivity contribution in [1.82, 2.24) is 0 Å². The minimum Gasteiger partial charge on any atom is -0.490 e. The summed E-state index contributed by atoms with van der Waals surface area (Å²) in [7, 11) is 0. The van der Waals surface area contributed by atoms with Crippen LogP contribution in [0.1, 0.15) is 29.8 Å². The van der Waals surface area contributed by atoms with E-state index in [9.17, 15) is 18.0 Å². The first-order valence-corrected chi connectivity index (χ1v) is 8.22. The number of hydrogen-bond acceptors (Lipinski definition) is 3. The molecule has 0 spiro atoms. The molecule has 0 aromatic heterocycles. The number of halogens is 4.